The first kappa shape index (κ1) is 21.5. The molecule has 158 valence electrons. The van der Waals surface area contributed by atoms with Gasteiger partial charge in [0.2, 0.25) is 0 Å². The van der Waals surface area contributed by atoms with E-state index < -0.39 is 11.7 Å². The number of alkyl halides is 3. The van der Waals surface area contributed by atoms with E-state index >= 15 is 0 Å². The number of hydrogen-bond donors (Lipinski definition) is 1. The second-order valence-electron chi connectivity index (χ2n) is 7.53. The number of nitrogens with one attached hydrogen (secondary N) is 1. The van der Waals surface area contributed by atoms with Gasteiger partial charge in [-0.1, -0.05) is 37.6 Å². The molecule has 0 aliphatic carbocycles. The van der Waals surface area contributed by atoms with E-state index in [1.807, 2.05) is 39.8 Å². The van der Waals surface area contributed by atoms with E-state index in [-0.39, 0.29) is 17.6 Å². The van der Waals surface area contributed by atoms with Crippen LogP contribution < -0.4 is 5.32 Å². The van der Waals surface area contributed by atoms with Crippen molar-refractivity contribution in [3.63, 3.8) is 0 Å². The molecule has 30 heavy (non-hydrogen) atoms. The molecule has 2 aromatic heterocycles. The Morgan fingerprint density at radius 3 is 2.43 bits per heavy atom. The highest BCUT2D eigenvalue weighted by molar-refractivity contribution is 5.95. The molecule has 3 rings (SSSR count). The average Bonchev–Trinajstić information content (AvgIpc) is 3.12. The van der Waals surface area contributed by atoms with Gasteiger partial charge in [0.15, 0.2) is 5.82 Å². The molecule has 1 aromatic carbocycles. The number of rotatable bonds is 5. The topological polar surface area (TPSA) is 59.8 Å². The highest BCUT2D eigenvalue weighted by atomic mass is 19.4. The third-order valence-corrected chi connectivity index (χ3v) is 4.83. The molecule has 0 aliphatic rings. The summed E-state index contributed by atoms with van der Waals surface area (Å²) in [5.41, 5.74) is 3.36. The van der Waals surface area contributed by atoms with Gasteiger partial charge in [-0.25, -0.2) is 9.67 Å². The zero-order valence-corrected chi connectivity index (χ0v) is 17.2. The van der Waals surface area contributed by atoms with Crippen molar-refractivity contribution in [3.8, 4) is 5.82 Å². The third-order valence-electron chi connectivity index (χ3n) is 4.83. The van der Waals surface area contributed by atoms with Crippen molar-refractivity contribution in [1.29, 1.82) is 0 Å². The van der Waals surface area contributed by atoms with Gasteiger partial charge in [0, 0.05) is 12.7 Å². The Morgan fingerprint density at radius 2 is 1.87 bits per heavy atom. The van der Waals surface area contributed by atoms with Crippen LogP contribution in [-0.2, 0) is 12.7 Å². The fourth-order valence-electron chi connectivity index (χ4n) is 3.26. The Balaban J connectivity index is 1.86. The number of nitrogens with zero attached hydrogens (tertiary/aromatic N) is 3. The molecule has 1 amide bonds. The molecule has 0 saturated carbocycles. The fraction of sp³-hybridized carbons (Fsp3) is 0.318. The van der Waals surface area contributed by atoms with Crippen LogP contribution >= 0.6 is 0 Å². The monoisotopic (exact) mass is 416 g/mol. The number of hydrogen-bond acceptors (Lipinski definition) is 3. The second kappa shape index (κ2) is 8.30. The lowest BCUT2D eigenvalue weighted by Gasteiger charge is -2.13. The minimum Gasteiger partial charge on any atom is -0.348 e. The van der Waals surface area contributed by atoms with Gasteiger partial charge in [-0.05, 0) is 43.0 Å². The van der Waals surface area contributed by atoms with Crippen molar-refractivity contribution in [2.75, 3.05) is 0 Å². The standard InChI is InChI=1S/C22H23F3N4O/c1-13(2)20-18(21(30)27-10-16-6-5-14(3)9-15(16)4)12-28-29(20)19-8-7-17(11-26-19)22(23,24)25/h5-9,11-13H,10H2,1-4H3,(H,27,30). The van der Waals surface area contributed by atoms with Gasteiger partial charge in [0.1, 0.15) is 0 Å². The third kappa shape index (κ3) is 4.53. The predicted octanol–water partition coefficient (Wildman–Crippen LogP) is 4.96. The molecule has 0 saturated heterocycles. The van der Waals surface area contributed by atoms with Crippen molar-refractivity contribution in [2.45, 2.75) is 46.3 Å². The van der Waals surface area contributed by atoms with Crippen molar-refractivity contribution in [3.05, 3.63) is 76.2 Å². The molecular formula is C22H23F3N4O. The van der Waals surface area contributed by atoms with Crippen LogP contribution in [0.3, 0.4) is 0 Å². The van der Waals surface area contributed by atoms with E-state index in [4.69, 9.17) is 0 Å². The summed E-state index contributed by atoms with van der Waals surface area (Å²) >= 11 is 0. The van der Waals surface area contributed by atoms with Crippen LogP contribution in [0.4, 0.5) is 13.2 Å². The molecule has 0 radical (unpaired) electrons. The van der Waals surface area contributed by atoms with E-state index in [1.165, 1.54) is 16.9 Å². The Bertz CT molecular complexity index is 1050. The smallest absolute Gasteiger partial charge is 0.348 e. The molecule has 0 fully saturated rings. The first-order valence-corrected chi connectivity index (χ1v) is 9.53. The van der Waals surface area contributed by atoms with Crippen LogP contribution in [0, 0.1) is 13.8 Å². The Kier molecular flexibility index (Phi) is 5.96. The van der Waals surface area contributed by atoms with Crippen LogP contribution in [0.2, 0.25) is 0 Å². The lowest BCUT2D eigenvalue weighted by atomic mass is 10.0. The van der Waals surface area contributed by atoms with Crippen LogP contribution in [0.5, 0.6) is 0 Å². The molecule has 3 aromatic rings. The first-order valence-electron chi connectivity index (χ1n) is 9.53. The molecule has 2 heterocycles. The predicted molar refractivity (Wildman–Crippen MR) is 108 cm³/mol. The molecular weight excluding hydrogens is 393 g/mol. The quantitative estimate of drug-likeness (QED) is 0.640. The molecule has 0 aliphatic heterocycles. The zero-order valence-electron chi connectivity index (χ0n) is 17.2. The van der Waals surface area contributed by atoms with Gasteiger partial charge in [-0.15, -0.1) is 0 Å². The van der Waals surface area contributed by atoms with E-state index in [0.717, 1.165) is 29.0 Å². The van der Waals surface area contributed by atoms with Gasteiger partial charge >= 0.3 is 6.18 Å². The highest BCUT2D eigenvalue weighted by Crippen LogP contribution is 2.29. The van der Waals surface area contributed by atoms with Gasteiger partial charge in [0.05, 0.1) is 23.0 Å². The lowest BCUT2D eigenvalue weighted by Crippen LogP contribution is -2.24. The normalized spacial score (nSPS) is 11.7. The minimum atomic E-state index is -4.46. The molecule has 1 N–H and O–H groups in total. The number of benzene rings is 1. The maximum atomic E-state index is 12.8. The SMILES string of the molecule is Cc1ccc(CNC(=O)c2cnn(-c3ccc(C(F)(F)F)cn3)c2C(C)C)c(C)c1. The number of halogens is 3. The van der Waals surface area contributed by atoms with E-state index in [0.29, 0.717) is 17.8 Å². The Hall–Kier alpha value is -3.16. The molecule has 0 unspecified atom stereocenters. The highest BCUT2D eigenvalue weighted by Gasteiger charge is 2.31. The number of carbonyl (C=O) groups excluding carboxylic acids is 1. The van der Waals surface area contributed by atoms with Crippen molar-refractivity contribution >= 4 is 5.91 Å². The van der Waals surface area contributed by atoms with Crippen LogP contribution in [-0.4, -0.2) is 20.7 Å². The van der Waals surface area contributed by atoms with Gasteiger partial charge in [-0.2, -0.15) is 18.3 Å². The van der Waals surface area contributed by atoms with Crippen LogP contribution in [0.25, 0.3) is 5.82 Å². The van der Waals surface area contributed by atoms with Crippen molar-refractivity contribution in [1.82, 2.24) is 20.1 Å². The van der Waals surface area contributed by atoms with Crippen molar-refractivity contribution in [2.24, 2.45) is 0 Å². The van der Waals surface area contributed by atoms with E-state index in [1.54, 1.807) is 0 Å². The molecule has 5 nitrogen and oxygen atoms in total. The van der Waals surface area contributed by atoms with Gasteiger partial charge < -0.3 is 5.32 Å². The minimum absolute atomic E-state index is 0.0987. The number of aryl methyl sites for hydroxylation is 2. The van der Waals surface area contributed by atoms with Gasteiger partial charge in [0.25, 0.3) is 5.91 Å². The molecule has 8 heteroatoms. The summed E-state index contributed by atoms with van der Waals surface area (Å²) in [6.45, 7) is 8.14. The summed E-state index contributed by atoms with van der Waals surface area (Å²) in [6.07, 6.45) is -2.28. The molecule has 0 bridgehead atoms. The summed E-state index contributed by atoms with van der Waals surface area (Å²) in [7, 11) is 0. The van der Waals surface area contributed by atoms with Crippen LogP contribution in [0.1, 0.15) is 58.1 Å². The summed E-state index contributed by atoms with van der Waals surface area (Å²) in [4.78, 5) is 16.7. The number of aromatic nitrogens is 3. The Morgan fingerprint density at radius 1 is 1.13 bits per heavy atom. The Labute approximate surface area is 173 Å². The first-order chi connectivity index (χ1) is 14.1. The maximum absolute atomic E-state index is 12.8. The fourth-order valence-corrected chi connectivity index (χ4v) is 3.26. The summed E-state index contributed by atoms with van der Waals surface area (Å²) in [5.74, 6) is -0.171. The lowest BCUT2D eigenvalue weighted by molar-refractivity contribution is -0.137. The number of amides is 1. The summed E-state index contributed by atoms with van der Waals surface area (Å²) < 4.78 is 39.8. The average molecular weight is 416 g/mol. The van der Waals surface area contributed by atoms with Crippen molar-refractivity contribution < 1.29 is 18.0 Å². The molecule has 0 atom stereocenters. The second-order valence-corrected chi connectivity index (χ2v) is 7.53. The summed E-state index contributed by atoms with van der Waals surface area (Å²) in [6, 6.07) is 8.22. The number of pyridine rings is 1. The largest absolute Gasteiger partial charge is 0.417 e. The maximum Gasteiger partial charge on any atom is 0.417 e. The molecule has 0 spiro atoms. The van der Waals surface area contributed by atoms with Gasteiger partial charge in [-0.3, -0.25) is 4.79 Å². The van der Waals surface area contributed by atoms with E-state index in [2.05, 4.69) is 21.5 Å². The zero-order chi connectivity index (χ0) is 22.1. The summed E-state index contributed by atoms with van der Waals surface area (Å²) in [5, 5.41) is 7.12. The number of carbonyl (C=O) groups is 1. The van der Waals surface area contributed by atoms with Crippen LogP contribution in [0.15, 0.2) is 42.7 Å². The van der Waals surface area contributed by atoms with E-state index in [9.17, 15) is 18.0 Å².